The summed E-state index contributed by atoms with van der Waals surface area (Å²) in [7, 11) is -5.80. The van der Waals surface area contributed by atoms with E-state index in [4.69, 9.17) is 4.74 Å². The van der Waals surface area contributed by atoms with Crippen molar-refractivity contribution < 1.29 is 26.4 Å². The molecule has 0 aliphatic heterocycles. The van der Waals surface area contributed by atoms with Crippen LogP contribution in [0.4, 0.5) is 17.1 Å². The number of amides is 1. The first kappa shape index (κ1) is 25.1. The lowest BCUT2D eigenvalue weighted by Gasteiger charge is -2.16. The second kappa shape index (κ2) is 10.1. The van der Waals surface area contributed by atoms with Crippen molar-refractivity contribution >= 4 is 43.0 Å². The molecule has 0 radical (unpaired) electrons. The van der Waals surface area contributed by atoms with Gasteiger partial charge in [-0.15, -0.1) is 0 Å². The van der Waals surface area contributed by atoms with Crippen molar-refractivity contribution in [2.24, 2.45) is 0 Å². The molecule has 0 saturated heterocycles. The molecule has 9 nitrogen and oxygen atoms in total. The average Bonchev–Trinajstić information content (AvgIpc) is 2.80. The molecule has 0 saturated carbocycles. The van der Waals surface area contributed by atoms with E-state index in [-0.39, 0.29) is 4.90 Å². The van der Waals surface area contributed by atoms with E-state index in [0.29, 0.717) is 35.0 Å². The minimum absolute atomic E-state index is 0.0348. The third-order valence-corrected chi connectivity index (χ3v) is 7.43. The van der Waals surface area contributed by atoms with Crippen molar-refractivity contribution in [3.05, 3.63) is 78.4 Å². The van der Waals surface area contributed by atoms with E-state index in [2.05, 4.69) is 10.0 Å². The zero-order chi connectivity index (χ0) is 24.9. The molecule has 0 aromatic heterocycles. The molecule has 3 rings (SSSR count). The molecule has 3 aromatic rings. The number of sulfonamides is 2. The summed E-state index contributed by atoms with van der Waals surface area (Å²) in [5.41, 5.74) is 1.54. The first-order valence-electron chi connectivity index (χ1n) is 10.2. The van der Waals surface area contributed by atoms with Crippen LogP contribution < -0.4 is 19.1 Å². The Hall–Kier alpha value is -3.57. The Morgan fingerprint density at radius 3 is 1.94 bits per heavy atom. The fourth-order valence-corrected chi connectivity index (χ4v) is 4.50. The predicted molar refractivity (Wildman–Crippen MR) is 133 cm³/mol. The van der Waals surface area contributed by atoms with Crippen LogP contribution in [0.15, 0.2) is 77.7 Å². The van der Waals surface area contributed by atoms with Crippen LogP contribution in [0.3, 0.4) is 0 Å². The van der Waals surface area contributed by atoms with E-state index in [1.807, 2.05) is 6.92 Å². The predicted octanol–water partition coefficient (Wildman–Crippen LogP) is 3.53. The fourth-order valence-electron chi connectivity index (χ4n) is 2.93. The van der Waals surface area contributed by atoms with Gasteiger partial charge in [0.2, 0.25) is 10.0 Å². The van der Waals surface area contributed by atoms with Crippen molar-refractivity contribution in [3.63, 3.8) is 0 Å². The molecule has 34 heavy (non-hydrogen) atoms. The number of hydrogen-bond donors (Lipinski definition) is 2. The van der Waals surface area contributed by atoms with Crippen molar-refractivity contribution in [3.8, 4) is 5.75 Å². The molecule has 0 aliphatic rings. The van der Waals surface area contributed by atoms with Crippen LogP contribution in [0.1, 0.15) is 17.3 Å². The summed E-state index contributed by atoms with van der Waals surface area (Å²) in [4.78, 5) is 12.5. The number of nitrogens with one attached hydrogen (secondary N) is 2. The van der Waals surface area contributed by atoms with Crippen molar-refractivity contribution in [1.82, 2.24) is 0 Å². The highest BCUT2D eigenvalue weighted by atomic mass is 32.2. The molecule has 1 amide bonds. The van der Waals surface area contributed by atoms with Gasteiger partial charge in [0.25, 0.3) is 15.9 Å². The Balaban J connectivity index is 1.66. The van der Waals surface area contributed by atoms with E-state index in [9.17, 15) is 21.6 Å². The molecule has 0 bridgehead atoms. The van der Waals surface area contributed by atoms with E-state index in [1.54, 1.807) is 24.3 Å². The summed E-state index contributed by atoms with van der Waals surface area (Å²) in [6.07, 6.45) is 1.09. The highest BCUT2D eigenvalue weighted by Crippen LogP contribution is 2.22. The number of anilines is 3. The molecule has 0 spiro atoms. The molecule has 0 fully saturated rings. The highest BCUT2D eigenvalue weighted by molar-refractivity contribution is 7.92. The Bertz CT molecular complexity index is 1350. The van der Waals surface area contributed by atoms with Crippen molar-refractivity contribution in [2.75, 3.05) is 34.3 Å². The molecular weight excluding hydrogens is 478 g/mol. The maximum atomic E-state index is 12.6. The summed E-state index contributed by atoms with van der Waals surface area (Å²) < 4.78 is 57.5. The van der Waals surface area contributed by atoms with Crippen LogP contribution in [0, 0.1) is 0 Å². The molecule has 0 atom stereocenters. The van der Waals surface area contributed by atoms with Gasteiger partial charge in [-0.25, -0.2) is 16.8 Å². The summed E-state index contributed by atoms with van der Waals surface area (Å²) in [6.45, 7) is 2.37. The topological polar surface area (TPSA) is 122 Å². The molecular formula is C23H25N3O6S2. The van der Waals surface area contributed by atoms with Crippen molar-refractivity contribution in [2.45, 2.75) is 11.8 Å². The van der Waals surface area contributed by atoms with E-state index in [0.717, 1.165) is 10.6 Å². The van der Waals surface area contributed by atoms with E-state index < -0.39 is 26.0 Å². The third-order valence-electron chi connectivity index (χ3n) is 4.83. The van der Waals surface area contributed by atoms with Crippen molar-refractivity contribution in [1.29, 1.82) is 0 Å². The molecule has 0 unspecified atom stereocenters. The van der Waals surface area contributed by atoms with Gasteiger partial charge in [-0.1, -0.05) is 0 Å². The van der Waals surface area contributed by atoms with Crippen LogP contribution in [-0.4, -0.2) is 42.7 Å². The second-order valence-electron chi connectivity index (χ2n) is 7.32. The molecule has 0 heterocycles. The van der Waals surface area contributed by atoms with Gasteiger partial charge in [0, 0.05) is 24.0 Å². The fraction of sp³-hybridized carbons (Fsp3) is 0.174. The largest absolute Gasteiger partial charge is 0.494 e. The van der Waals surface area contributed by atoms with Gasteiger partial charge in [0.15, 0.2) is 0 Å². The lowest BCUT2D eigenvalue weighted by atomic mass is 10.2. The van der Waals surface area contributed by atoms with Gasteiger partial charge in [0.05, 0.1) is 23.4 Å². The number of benzene rings is 3. The lowest BCUT2D eigenvalue weighted by Crippen LogP contribution is -2.24. The smallest absolute Gasteiger partial charge is 0.261 e. The van der Waals surface area contributed by atoms with Crippen LogP contribution >= 0.6 is 0 Å². The molecule has 2 N–H and O–H groups in total. The van der Waals surface area contributed by atoms with E-state index >= 15 is 0 Å². The van der Waals surface area contributed by atoms with Crippen LogP contribution in [0.25, 0.3) is 0 Å². The highest BCUT2D eigenvalue weighted by Gasteiger charge is 2.16. The Kier molecular flexibility index (Phi) is 7.48. The number of carbonyl (C=O) groups excluding carboxylic acids is 1. The second-order valence-corrected chi connectivity index (χ2v) is 11.0. The zero-order valence-electron chi connectivity index (χ0n) is 18.8. The normalized spacial score (nSPS) is 11.5. The monoisotopic (exact) mass is 503 g/mol. The lowest BCUT2D eigenvalue weighted by molar-refractivity contribution is 0.102. The Morgan fingerprint density at radius 2 is 1.41 bits per heavy atom. The number of rotatable bonds is 9. The summed E-state index contributed by atoms with van der Waals surface area (Å²) in [5, 5.41) is 2.68. The first-order chi connectivity index (χ1) is 16.0. The standard InChI is InChI=1S/C23H25N3O6S2/c1-4-32-21-13-7-19(8-14-21)25-34(30,31)22-15-9-18(10-16-22)24-23(27)17-5-11-20(12-6-17)26(2)33(3,28)29/h5-16,25H,4H2,1-3H3,(H,24,27). The number of hydrogen-bond acceptors (Lipinski definition) is 6. The SMILES string of the molecule is CCOc1ccc(NS(=O)(=O)c2ccc(NC(=O)c3ccc(N(C)S(C)(=O)=O)cc3)cc2)cc1. The number of nitrogens with zero attached hydrogens (tertiary/aromatic N) is 1. The quantitative estimate of drug-likeness (QED) is 0.461. The van der Waals surface area contributed by atoms with Crippen LogP contribution in [0.5, 0.6) is 5.75 Å². The zero-order valence-corrected chi connectivity index (χ0v) is 20.5. The minimum Gasteiger partial charge on any atom is -0.494 e. The van der Waals surface area contributed by atoms with Gasteiger partial charge in [-0.3, -0.25) is 13.8 Å². The molecule has 3 aromatic carbocycles. The minimum atomic E-state index is -3.82. The van der Waals surface area contributed by atoms with Gasteiger partial charge in [-0.2, -0.15) is 0 Å². The maximum absolute atomic E-state index is 12.6. The Labute approximate surface area is 199 Å². The molecule has 0 aliphatic carbocycles. The maximum Gasteiger partial charge on any atom is 0.261 e. The van der Waals surface area contributed by atoms with E-state index in [1.165, 1.54) is 55.6 Å². The molecule has 11 heteroatoms. The summed E-state index contributed by atoms with van der Waals surface area (Å²) in [5.74, 6) is 0.222. The summed E-state index contributed by atoms with van der Waals surface area (Å²) >= 11 is 0. The van der Waals surface area contributed by atoms with Gasteiger partial charge < -0.3 is 10.1 Å². The number of ether oxygens (including phenoxy) is 1. The first-order valence-corrected chi connectivity index (χ1v) is 13.5. The number of carbonyl (C=O) groups is 1. The van der Waals surface area contributed by atoms with Gasteiger partial charge >= 0.3 is 0 Å². The third kappa shape index (κ3) is 6.27. The van der Waals surface area contributed by atoms with Crippen LogP contribution in [-0.2, 0) is 20.0 Å². The van der Waals surface area contributed by atoms with Gasteiger partial charge in [0.1, 0.15) is 5.75 Å². The van der Waals surface area contributed by atoms with Crippen LogP contribution in [0.2, 0.25) is 0 Å². The summed E-state index contributed by atoms with van der Waals surface area (Å²) in [6, 6.07) is 18.4. The Morgan fingerprint density at radius 1 is 0.853 bits per heavy atom. The molecule has 180 valence electrons. The average molecular weight is 504 g/mol. The van der Waals surface area contributed by atoms with Gasteiger partial charge in [-0.05, 0) is 79.7 Å².